The summed E-state index contributed by atoms with van der Waals surface area (Å²) in [4.78, 5) is 29.3. The van der Waals surface area contributed by atoms with Crippen molar-refractivity contribution < 1.29 is 13.2 Å². The number of para-hydroxylation sites is 1. The maximum Gasteiger partial charge on any atom is 0.280 e. The number of rotatable bonds is 3. The Bertz CT molecular complexity index is 1130. The highest BCUT2D eigenvalue weighted by molar-refractivity contribution is 7.90. The van der Waals surface area contributed by atoms with Gasteiger partial charge < -0.3 is 0 Å². The molecule has 8 heteroatoms. The van der Waals surface area contributed by atoms with Crippen LogP contribution in [0, 0.1) is 6.92 Å². The molecule has 0 fully saturated rings. The van der Waals surface area contributed by atoms with Gasteiger partial charge in [-0.25, -0.2) is 18.1 Å². The van der Waals surface area contributed by atoms with Crippen molar-refractivity contribution in [3.8, 4) is 0 Å². The number of hydrogen-bond donors (Lipinski definition) is 1. The van der Waals surface area contributed by atoms with E-state index in [0.29, 0.717) is 16.7 Å². The Labute approximate surface area is 143 Å². The molecule has 0 saturated carbocycles. The molecule has 0 aliphatic rings. The largest absolute Gasteiger partial charge is 0.280 e. The fourth-order valence-corrected chi connectivity index (χ4v) is 3.03. The van der Waals surface area contributed by atoms with Gasteiger partial charge in [-0.05, 0) is 43.3 Å². The summed E-state index contributed by atoms with van der Waals surface area (Å²) in [5.74, 6) is -0.202. The molecule has 2 aromatic carbocycles. The highest BCUT2D eigenvalue weighted by Gasteiger charge is 2.13. The number of fused-ring (bicyclic) bond motifs is 1. The molecule has 128 valence electrons. The van der Waals surface area contributed by atoms with Crippen molar-refractivity contribution >= 4 is 26.6 Å². The van der Waals surface area contributed by atoms with Gasteiger partial charge in [0.05, 0.1) is 15.8 Å². The quantitative estimate of drug-likeness (QED) is 0.766. The predicted octanol–water partition coefficient (Wildman–Crippen LogP) is 1.49. The van der Waals surface area contributed by atoms with Crippen LogP contribution >= 0.6 is 0 Å². The lowest BCUT2D eigenvalue weighted by Crippen LogP contribution is -2.35. The second kappa shape index (κ2) is 6.14. The highest BCUT2D eigenvalue weighted by atomic mass is 32.2. The Kier molecular flexibility index (Phi) is 4.13. The van der Waals surface area contributed by atoms with Crippen molar-refractivity contribution in [2.45, 2.75) is 11.8 Å². The number of sulfone groups is 1. The number of carbonyl (C=O) groups is 1. The third kappa shape index (κ3) is 3.29. The first kappa shape index (κ1) is 16.8. The molecule has 1 amide bonds. The summed E-state index contributed by atoms with van der Waals surface area (Å²) in [5, 5.41) is 0.390. The van der Waals surface area contributed by atoms with Crippen LogP contribution < -0.4 is 11.0 Å². The Morgan fingerprint density at radius 1 is 1.08 bits per heavy atom. The van der Waals surface area contributed by atoms with E-state index >= 15 is 0 Å². The van der Waals surface area contributed by atoms with E-state index in [2.05, 4.69) is 10.4 Å². The number of nitrogens with one attached hydrogen (secondary N) is 1. The van der Waals surface area contributed by atoms with Gasteiger partial charge in [0, 0.05) is 11.8 Å². The van der Waals surface area contributed by atoms with Crippen LogP contribution in [0.25, 0.3) is 10.9 Å². The maximum atomic E-state index is 12.5. The lowest BCUT2D eigenvalue weighted by molar-refractivity contribution is 0.101. The molecule has 1 N–H and O–H groups in total. The molecule has 0 spiro atoms. The van der Waals surface area contributed by atoms with E-state index in [1.54, 1.807) is 31.2 Å². The van der Waals surface area contributed by atoms with Crippen LogP contribution in [-0.4, -0.2) is 30.2 Å². The van der Waals surface area contributed by atoms with Crippen molar-refractivity contribution in [2.75, 3.05) is 11.7 Å². The fraction of sp³-hybridized carbons (Fsp3) is 0.118. The SMILES string of the molecule is Cc1nc2ccccc2c(=O)n1NC(=O)c1ccc(S(C)(=O)=O)cc1. The summed E-state index contributed by atoms with van der Waals surface area (Å²) < 4.78 is 24.0. The molecule has 0 unspecified atom stereocenters. The van der Waals surface area contributed by atoms with Crippen LogP contribution in [-0.2, 0) is 9.84 Å². The Hall–Kier alpha value is -3.00. The molecule has 3 aromatic rings. The second-order valence-corrected chi connectivity index (χ2v) is 7.57. The van der Waals surface area contributed by atoms with E-state index < -0.39 is 15.7 Å². The smallest absolute Gasteiger partial charge is 0.267 e. The minimum Gasteiger partial charge on any atom is -0.267 e. The van der Waals surface area contributed by atoms with Gasteiger partial charge in [0.2, 0.25) is 0 Å². The third-order valence-corrected chi connectivity index (χ3v) is 4.83. The molecule has 3 rings (SSSR count). The van der Waals surface area contributed by atoms with E-state index in [4.69, 9.17) is 0 Å². The number of aryl methyl sites for hydroxylation is 1. The fourth-order valence-electron chi connectivity index (χ4n) is 2.39. The van der Waals surface area contributed by atoms with E-state index in [1.807, 2.05) is 0 Å². The van der Waals surface area contributed by atoms with Crippen molar-refractivity contribution in [3.63, 3.8) is 0 Å². The van der Waals surface area contributed by atoms with Crippen molar-refractivity contribution in [2.24, 2.45) is 0 Å². The van der Waals surface area contributed by atoms with Crippen molar-refractivity contribution in [3.05, 3.63) is 70.3 Å². The topological polar surface area (TPSA) is 98.1 Å². The van der Waals surface area contributed by atoms with Crippen LogP contribution in [0.3, 0.4) is 0 Å². The first-order chi connectivity index (χ1) is 11.8. The average molecular weight is 357 g/mol. The van der Waals surface area contributed by atoms with Gasteiger partial charge in [-0.1, -0.05) is 12.1 Å². The molecular weight excluding hydrogens is 342 g/mol. The van der Waals surface area contributed by atoms with E-state index in [-0.39, 0.29) is 16.0 Å². The lowest BCUT2D eigenvalue weighted by Gasteiger charge is -2.12. The predicted molar refractivity (Wildman–Crippen MR) is 94.0 cm³/mol. The number of nitrogens with zero attached hydrogens (tertiary/aromatic N) is 2. The highest BCUT2D eigenvalue weighted by Crippen LogP contribution is 2.11. The zero-order chi connectivity index (χ0) is 18.2. The minimum absolute atomic E-state index is 0.116. The summed E-state index contributed by atoms with van der Waals surface area (Å²) in [6.07, 6.45) is 1.09. The van der Waals surface area contributed by atoms with Crippen LogP contribution in [0.5, 0.6) is 0 Å². The number of carbonyl (C=O) groups excluding carboxylic acids is 1. The molecule has 0 bridgehead atoms. The van der Waals surface area contributed by atoms with Crippen molar-refractivity contribution in [1.82, 2.24) is 9.66 Å². The number of hydrogen-bond acceptors (Lipinski definition) is 5. The lowest BCUT2D eigenvalue weighted by atomic mass is 10.2. The van der Waals surface area contributed by atoms with E-state index in [1.165, 1.54) is 24.3 Å². The molecule has 0 atom stereocenters. The summed E-state index contributed by atoms with van der Waals surface area (Å²) in [6, 6.07) is 12.3. The summed E-state index contributed by atoms with van der Waals surface area (Å²) >= 11 is 0. The minimum atomic E-state index is -3.34. The van der Waals surface area contributed by atoms with Gasteiger partial charge in [0.25, 0.3) is 11.5 Å². The molecular formula is C17H15N3O4S. The third-order valence-electron chi connectivity index (χ3n) is 3.70. The van der Waals surface area contributed by atoms with Gasteiger partial charge >= 0.3 is 0 Å². The number of amides is 1. The van der Waals surface area contributed by atoms with Gasteiger partial charge in [-0.3, -0.25) is 15.0 Å². The standard InChI is InChI=1S/C17H15N3O4S/c1-11-18-15-6-4-3-5-14(15)17(22)20(11)19-16(21)12-7-9-13(10-8-12)25(2,23)24/h3-10H,1-2H3,(H,19,21). The van der Waals surface area contributed by atoms with E-state index in [9.17, 15) is 18.0 Å². The molecule has 1 aromatic heterocycles. The number of aromatic nitrogens is 2. The second-order valence-electron chi connectivity index (χ2n) is 5.55. The zero-order valence-electron chi connectivity index (χ0n) is 13.6. The van der Waals surface area contributed by atoms with Crippen LogP contribution in [0.1, 0.15) is 16.2 Å². The Morgan fingerprint density at radius 3 is 2.36 bits per heavy atom. The molecule has 25 heavy (non-hydrogen) atoms. The van der Waals surface area contributed by atoms with Crippen molar-refractivity contribution in [1.29, 1.82) is 0 Å². The molecule has 7 nitrogen and oxygen atoms in total. The summed E-state index contributed by atoms with van der Waals surface area (Å²) in [5.41, 5.74) is 2.89. The molecule has 0 radical (unpaired) electrons. The molecule has 0 saturated heterocycles. The first-order valence-electron chi connectivity index (χ1n) is 7.37. The van der Waals surface area contributed by atoms with Gasteiger partial charge in [0.15, 0.2) is 9.84 Å². The van der Waals surface area contributed by atoms with E-state index in [0.717, 1.165) is 10.9 Å². The van der Waals surface area contributed by atoms with Gasteiger partial charge in [0.1, 0.15) is 5.82 Å². The average Bonchev–Trinajstić information content (AvgIpc) is 2.58. The maximum absolute atomic E-state index is 12.5. The zero-order valence-corrected chi connectivity index (χ0v) is 14.4. The van der Waals surface area contributed by atoms with Crippen LogP contribution in [0.15, 0.2) is 58.2 Å². The normalized spacial score (nSPS) is 11.4. The molecule has 1 heterocycles. The Balaban J connectivity index is 1.96. The monoisotopic (exact) mass is 357 g/mol. The summed E-state index contributed by atoms with van der Waals surface area (Å²) in [6.45, 7) is 1.61. The Morgan fingerprint density at radius 2 is 1.72 bits per heavy atom. The molecule has 0 aliphatic carbocycles. The van der Waals surface area contributed by atoms with Gasteiger partial charge in [-0.15, -0.1) is 0 Å². The summed E-state index contributed by atoms with van der Waals surface area (Å²) in [7, 11) is -3.34. The molecule has 0 aliphatic heterocycles. The van der Waals surface area contributed by atoms with Gasteiger partial charge in [-0.2, -0.15) is 0 Å². The first-order valence-corrected chi connectivity index (χ1v) is 9.26. The van der Waals surface area contributed by atoms with Crippen LogP contribution in [0.2, 0.25) is 0 Å². The number of benzene rings is 2. The van der Waals surface area contributed by atoms with Crippen LogP contribution in [0.4, 0.5) is 0 Å².